The Morgan fingerprint density at radius 3 is 2.52 bits per heavy atom. The number of H-pyrrole nitrogens is 1. The van der Waals surface area contributed by atoms with Crippen molar-refractivity contribution in [1.82, 2.24) is 10.4 Å². The standard InChI is InChI=1S/C31H19Br2ClN4O4/c1-41-21-11-9-17(10-12-21)31(40)42-29-19(13-20(32)14-24(29)33)16-36-38-30(39)28-26(22-6-2-3-8-25(22)34)23-7-4-5-18(15-35)27(23)37-28/h2-14,16,37H,1H3,(H,38,39). The third kappa shape index (κ3) is 5.94. The molecule has 2 N–H and O–H groups in total. The summed E-state index contributed by atoms with van der Waals surface area (Å²) in [6.07, 6.45) is 1.36. The molecule has 11 heteroatoms. The van der Waals surface area contributed by atoms with E-state index in [-0.39, 0.29) is 11.4 Å². The van der Waals surface area contributed by atoms with E-state index >= 15 is 0 Å². The number of hydrogen-bond acceptors (Lipinski definition) is 6. The molecule has 0 saturated carbocycles. The molecule has 1 heterocycles. The van der Waals surface area contributed by atoms with Crippen LogP contribution in [0, 0.1) is 11.3 Å². The number of esters is 1. The van der Waals surface area contributed by atoms with E-state index in [0.717, 1.165) is 0 Å². The maximum absolute atomic E-state index is 13.4. The topological polar surface area (TPSA) is 117 Å². The average Bonchev–Trinajstić information content (AvgIpc) is 3.38. The van der Waals surface area contributed by atoms with Gasteiger partial charge in [-0.05, 0) is 64.5 Å². The molecule has 0 radical (unpaired) electrons. The van der Waals surface area contributed by atoms with Crippen molar-refractivity contribution < 1.29 is 19.1 Å². The number of halogens is 3. The number of nitrogens with one attached hydrogen (secondary N) is 2. The maximum atomic E-state index is 13.4. The van der Waals surface area contributed by atoms with Gasteiger partial charge in [-0.2, -0.15) is 10.4 Å². The van der Waals surface area contributed by atoms with Gasteiger partial charge in [0, 0.05) is 31.6 Å². The highest BCUT2D eigenvalue weighted by atomic mass is 79.9. The highest BCUT2D eigenvalue weighted by Crippen LogP contribution is 2.38. The van der Waals surface area contributed by atoms with Crippen LogP contribution >= 0.6 is 43.5 Å². The fraction of sp³-hybridized carbons (Fsp3) is 0.0323. The predicted octanol–water partition coefficient (Wildman–Crippen LogP) is 7.88. The van der Waals surface area contributed by atoms with Gasteiger partial charge in [-0.3, -0.25) is 4.79 Å². The van der Waals surface area contributed by atoms with E-state index in [1.807, 2.05) is 12.1 Å². The lowest BCUT2D eigenvalue weighted by Gasteiger charge is -2.11. The third-order valence-electron chi connectivity index (χ3n) is 6.25. The van der Waals surface area contributed by atoms with Crippen molar-refractivity contribution in [3.05, 3.63) is 115 Å². The number of carbonyl (C=O) groups excluding carboxylic acids is 2. The lowest BCUT2D eigenvalue weighted by molar-refractivity contribution is 0.0732. The number of nitrogens with zero attached hydrogens (tertiary/aromatic N) is 2. The summed E-state index contributed by atoms with van der Waals surface area (Å²) in [5.74, 6) is -0.336. The highest BCUT2D eigenvalue weighted by Gasteiger charge is 2.22. The summed E-state index contributed by atoms with van der Waals surface area (Å²) >= 11 is 13.4. The summed E-state index contributed by atoms with van der Waals surface area (Å²) in [7, 11) is 1.54. The number of rotatable bonds is 7. The van der Waals surface area contributed by atoms with Crippen molar-refractivity contribution in [1.29, 1.82) is 5.26 Å². The molecule has 5 aromatic rings. The second kappa shape index (κ2) is 12.6. The monoisotopic (exact) mass is 704 g/mol. The zero-order valence-electron chi connectivity index (χ0n) is 21.7. The Morgan fingerprint density at radius 1 is 1.05 bits per heavy atom. The van der Waals surface area contributed by atoms with Crippen molar-refractivity contribution in [3.63, 3.8) is 0 Å². The molecule has 42 heavy (non-hydrogen) atoms. The van der Waals surface area contributed by atoms with Crippen LogP contribution in [0.1, 0.15) is 32.0 Å². The van der Waals surface area contributed by atoms with Gasteiger partial charge in [-0.15, -0.1) is 0 Å². The molecule has 0 atom stereocenters. The van der Waals surface area contributed by atoms with Crippen LogP contribution in [0.25, 0.3) is 22.0 Å². The SMILES string of the molecule is COc1ccc(C(=O)Oc2c(Br)cc(Br)cc2C=NNC(=O)c2[nH]c3c(C#N)cccc3c2-c2ccccc2Cl)cc1. The van der Waals surface area contributed by atoms with E-state index in [1.165, 1.54) is 13.3 Å². The summed E-state index contributed by atoms with van der Waals surface area (Å²) in [5.41, 5.74) is 5.49. The van der Waals surface area contributed by atoms with Crippen molar-refractivity contribution >= 4 is 72.5 Å². The molecule has 0 saturated heterocycles. The number of fused-ring (bicyclic) bond motifs is 1. The van der Waals surface area contributed by atoms with Crippen molar-refractivity contribution in [3.8, 4) is 28.7 Å². The Hall–Kier alpha value is -4.43. The normalized spacial score (nSPS) is 10.9. The number of methoxy groups -OCH3 is 1. The first kappa shape index (κ1) is 29.1. The third-order valence-corrected chi connectivity index (χ3v) is 7.63. The van der Waals surface area contributed by atoms with Gasteiger partial charge in [0.25, 0.3) is 5.91 Å². The van der Waals surface area contributed by atoms with Crippen LogP contribution in [0.3, 0.4) is 0 Å². The number of carbonyl (C=O) groups is 2. The quantitative estimate of drug-likeness (QED) is 0.0774. The summed E-state index contributed by atoms with van der Waals surface area (Å²) in [4.78, 5) is 29.4. The second-order valence-electron chi connectivity index (χ2n) is 8.82. The van der Waals surface area contributed by atoms with Gasteiger partial charge < -0.3 is 14.5 Å². The molecule has 4 aromatic carbocycles. The molecule has 208 valence electrons. The van der Waals surface area contributed by atoms with Crippen molar-refractivity contribution in [2.75, 3.05) is 7.11 Å². The van der Waals surface area contributed by atoms with Gasteiger partial charge in [0.05, 0.1) is 34.4 Å². The molecule has 1 amide bonds. The van der Waals surface area contributed by atoms with Gasteiger partial charge in [0.2, 0.25) is 0 Å². The number of aromatic amines is 1. The first-order chi connectivity index (χ1) is 20.3. The number of amides is 1. The lowest BCUT2D eigenvalue weighted by Crippen LogP contribution is -2.19. The van der Waals surface area contributed by atoms with Gasteiger partial charge in [0.1, 0.15) is 17.5 Å². The molecule has 0 bridgehead atoms. The lowest BCUT2D eigenvalue weighted by atomic mass is 10.0. The number of benzene rings is 4. The van der Waals surface area contributed by atoms with Crippen LogP contribution < -0.4 is 14.9 Å². The number of aromatic nitrogens is 1. The number of hydrazone groups is 1. The molecule has 0 aliphatic rings. The minimum atomic E-state index is -0.588. The van der Waals surface area contributed by atoms with Gasteiger partial charge >= 0.3 is 5.97 Å². The van der Waals surface area contributed by atoms with Gasteiger partial charge in [-0.25, -0.2) is 10.2 Å². The minimum Gasteiger partial charge on any atom is -0.497 e. The van der Waals surface area contributed by atoms with E-state index in [9.17, 15) is 14.9 Å². The molecule has 8 nitrogen and oxygen atoms in total. The van der Waals surface area contributed by atoms with Crippen LogP contribution in [-0.4, -0.2) is 30.2 Å². The fourth-order valence-electron chi connectivity index (χ4n) is 4.30. The Bertz CT molecular complexity index is 1910. The van der Waals surface area contributed by atoms with E-state index < -0.39 is 11.9 Å². The molecule has 0 fully saturated rings. The smallest absolute Gasteiger partial charge is 0.343 e. The van der Waals surface area contributed by atoms with Crippen LogP contribution in [-0.2, 0) is 0 Å². The highest BCUT2D eigenvalue weighted by molar-refractivity contribution is 9.11. The Labute approximate surface area is 262 Å². The minimum absolute atomic E-state index is 0.180. The largest absolute Gasteiger partial charge is 0.497 e. The Morgan fingerprint density at radius 2 is 1.81 bits per heavy atom. The number of hydrogen-bond donors (Lipinski definition) is 2. The van der Waals surface area contributed by atoms with Crippen molar-refractivity contribution in [2.24, 2.45) is 5.10 Å². The molecular weight excluding hydrogens is 688 g/mol. The predicted molar refractivity (Wildman–Crippen MR) is 168 cm³/mol. The van der Waals surface area contributed by atoms with E-state index in [1.54, 1.807) is 66.7 Å². The molecule has 0 aliphatic heterocycles. The molecule has 0 spiro atoms. The van der Waals surface area contributed by atoms with Crippen LogP contribution in [0.5, 0.6) is 11.5 Å². The Balaban J connectivity index is 1.46. The van der Waals surface area contributed by atoms with Gasteiger partial charge in [0.15, 0.2) is 5.75 Å². The molecule has 1 aromatic heterocycles. The summed E-state index contributed by atoms with van der Waals surface area (Å²) in [6.45, 7) is 0. The van der Waals surface area contributed by atoms with Crippen molar-refractivity contribution in [2.45, 2.75) is 0 Å². The summed E-state index contributed by atoms with van der Waals surface area (Å²) in [5, 5.41) is 14.9. The van der Waals surface area contributed by atoms with Crippen LogP contribution in [0.2, 0.25) is 5.02 Å². The Kier molecular flexibility index (Phi) is 8.73. The summed E-state index contributed by atoms with van der Waals surface area (Å²) < 4.78 is 12.0. The molecule has 0 unspecified atom stereocenters. The van der Waals surface area contributed by atoms with E-state index in [4.69, 9.17) is 21.1 Å². The molecule has 5 rings (SSSR count). The first-order valence-corrected chi connectivity index (χ1v) is 14.3. The fourth-order valence-corrected chi connectivity index (χ4v) is 5.87. The zero-order valence-corrected chi connectivity index (χ0v) is 25.7. The van der Waals surface area contributed by atoms with Gasteiger partial charge in [-0.1, -0.05) is 57.9 Å². The zero-order chi connectivity index (χ0) is 29.8. The van der Waals surface area contributed by atoms with E-state index in [2.05, 4.69) is 53.4 Å². The maximum Gasteiger partial charge on any atom is 0.343 e. The second-order valence-corrected chi connectivity index (χ2v) is 11.0. The number of nitriles is 1. The van der Waals surface area contributed by atoms with Crippen LogP contribution in [0.15, 0.2) is 92.9 Å². The molecule has 0 aliphatic carbocycles. The average molecular weight is 707 g/mol. The molecular formula is C31H19Br2ClN4O4. The number of ether oxygens (including phenoxy) is 2. The summed E-state index contributed by atoms with van der Waals surface area (Å²) in [6, 6.07) is 24.4. The van der Waals surface area contributed by atoms with Crippen LogP contribution in [0.4, 0.5) is 0 Å². The first-order valence-electron chi connectivity index (χ1n) is 12.3. The number of para-hydroxylation sites is 1. The van der Waals surface area contributed by atoms with E-state index in [0.29, 0.717) is 58.4 Å².